The maximum atomic E-state index is 13.3. The van der Waals surface area contributed by atoms with Gasteiger partial charge in [-0.3, -0.25) is 14.6 Å². The SMILES string of the molecule is COc1cc(C(=O)N2CC(C)NC(=O)C2CC#N)cc2nc(CCc3cc(Cl)ccn3)oc12. The molecule has 33 heavy (non-hydrogen) atoms. The molecule has 2 amide bonds. The zero-order valence-electron chi connectivity index (χ0n) is 18.2. The second kappa shape index (κ2) is 9.46. The lowest BCUT2D eigenvalue weighted by molar-refractivity contribution is -0.128. The molecule has 9 nitrogen and oxygen atoms in total. The number of benzene rings is 1. The van der Waals surface area contributed by atoms with Gasteiger partial charge in [0.2, 0.25) is 5.91 Å². The number of aryl methyl sites for hydroxylation is 2. The highest BCUT2D eigenvalue weighted by Gasteiger charge is 2.36. The van der Waals surface area contributed by atoms with Gasteiger partial charge < -0.3 is 19.4 Å². The first kappa shape index (κ1) is 22.6. The standard InChI is InChI=1S/C23H22ClN5O4/c1-13-12-29(18(5-7-25)22(30)27-13)23(31)14-9-17-21(19(10-14)32-2)33-20(28-17)4-3-16-11-15(24)6-8-26-16/h6,8-11,13,18H,3-5,12H2,1-2H3,(H,27,30). The van der Waals surface area contributed by atoms with Crippen LogP contribution in [-0.4, -0.2) is 52.4 Å². The summed E-state index contributed by atoms with van der Waals surface area (Å²) in [6.45, 7) is 2.11. The van der Waals surface area contributed by atoms with E-state index in [-0.39, 0.29) is 24.3 Å². The van der Waals surface area contributed by atoms with Gasteiger partial charge in [0, 0.05) is 41.5 Å². The van der Waals surface area contributed by atoms with Crippen molar-refractivity contribution in [3.8, 4) is 11.8 Å². The minimum absolute atomic E-state index is 0.0880. The molecule has 0 saturated carbocycles. The molecule has 1 aliphatic rings. The molecule has 0 radical (unpaired) electrons. The van der Waals surface area contributed by atoms with Gasteiger partial charge in [0.25, 0.3) is 5.91 Å². The molecule has 3 aromatic rings. The maximum Gasteiger partial charge on any atom is 0.254 e. The number of nitrogens with zero attached hydrogens (tertiary/aromatic N) is 4. The molecule has 1 saturated heterocycles. The third-order valence-corrected chi connectivity index (χ3v) is 5.66. The van der Waals surface area contributed by atoms with Crippen LogP contribution in [0.15, 0.2) is 34.9 Å². The summed E-state index contributed by atoms with van der Waals surface area (Å²) in [5.41, 5.74) is 2.02. The molecule has 10 heteroatoms. The molecule has 0 aliphatic carbocycles. The van der Waals surface area contributed by atoms with Crippen LogP contribution in [-0.2, 0) is 17.6 Å². The van der Waals surface area contributed by atoms with E-state index in [0.29, 0.717) is 52.7 Å². The van der Waals surface area contributed by atoms with Crippen LogP contribution in [0.4, 0.5) is 0 Å². The first-order valence-electron chi connectivity index (χ1n) is 10.5. The fraction of sp³-hybridized carbons (Fsp3) is 0.348. The van der Waals surface area contributed by atoms with Crippen LogP contribution in [0.3, 0.4) is 0 Å². The van der Waals surface area contributed by atoms with Crippen molar-refractivity contribution in [2.75, 3.05) is 13.7 Å². The smallest absolute Gasteiger partial charge is 0.254 e. The van der Waals surface area contributed by atoms with E-state index in [2.05, 4.69) is 15.3 Å². The minimum atomic E-state index is -0.849. The summed E-state index contributed by atoms with van der Waals surface area (Å²) in [5.74, 6) is 0.129. The Morgan fingerprint density at radius 1 is 1.39 bits per heavy atom. The number of rotatable bonds is 6. The number of hydrogen-bond donors (Lipinski definition) is 1. The van der Waals surface area contributed by atoms with Gasteiger partial charge in [0.15, 0.2) is 17.2 Å². The molecule has 1 aromatic carbocycles. The molecule has 0 bridgehead atoms. The highest BCUT2D eigenvalue weighted by Crippen LogP contribution is 2.30. The number of aromatic nitrogens is 2. The highest BCUT2D eigenvalue weighted by atomic mass is 35.5. The fourth-order valence-electron chi connectivity index (χ4n) is 3.88. The number of piperazine rings is 1. The van der Waals surface area contributed by atoms with Crippen molar-refractivity contribution in [1.82, 2.24) is 20.2 Å². The lowest BCUT2D eigenvalue weighted by Crippen LogP contribution is -2.60. The maximum absolute atomic E-state index is 13.3. The normalized spacial score (nSPS) is 18.1. The van der Waals surface area contributed by atoms with Crippen molar-refractivity contribution < 1.29 is 18.7 Å². The molecule has 1 N–H and O–H groups in total. The second-order valence-corrected chi connectivity index (χ2v) is 8.28. The van der Waals surface area contributed by atoms with Crippen molar-refractivity contribution in [1.29, 1.82) is 5.26 Å². The van der Waals surface area contributed by atoms with Crippen molar-refractivity contribution >= 4 is 34.5 Å². The monoisotopic (exact) mass is 467 g/mol. The molecule has 2 aromatic heterocycles. The summed E-state index contributed by atoms with van der Waals surface area (Å²) in [6.07, 6.45) is 2.63. The Kier molecular flexibility index (Phi) is 6.47. The Hall–Kier alpha value is -3.64. The Labute approximate surface area is 195 Å². The summed E-state index contributed by atoms with van der Waals surface area (Å²) in [6, 6.07) is 7.60. The van der Waals surface area contributed by atoms with Crippen LogP contribution in [0.1, 0.15) is 35.3 Å². The van der Waals surface area contributed by atoms with E-state index in [1.807, 2.05) is 13.0 Å². The molecule has 0 spiro atoms. The number of methoxy groups -OCH3 is 1. The number of pyridine rings is 1. The van der Waals surface area contributed by atoms with Gasteiger partial charge >= 0.3 is 0 Å². The third kappa shape index (κ3) is 4.76. The number of fused-ring (bicyclic) bond motifs is 1. The summed E-state index contributed by atoms with van der Waals surface area (Å²) in [7, 11) is 1.48. The molecule has 170 valence electrons. The Morgan fingerprint density at radius 2 is 2.21 bits per heavy atom. The summed E-state index contributed by atoms with van der Waals surface area (Å²) in [5, 5.41) is 12.5. The van der Waals surface area contributed by atoms with E-state index in [0.717, 1.165) is 5.69 Å². The predicted molar refractivity (Wildman–Crippen MR) is 120 cm³/mol. The van der Waals surface area contributed by atoms with Crippen LogP contribution in [0.25, 0.3) is 11.1 Å². The number of ether oxygens (including phenoxy) is 1. The fourth-order valence-corrected chi connectivity index (χ4v) is 4.06. The van der Waals surface area contributed by atoms with Gasteiger partial charge in [0.1, 0.15) is 11.6 Å². The van der Waals surface area contributed by atoms with Gasteiger partial charge in [-0.1, -0.05) is 11.6 Å². The molecule has 2 atom stereocenters. The Bertz CT molecular complexity index is 1250. The minimum Gasteiger partial charge on any atom is -0.493 e. The Balaban J connectivity index is 1.62. The van der Waals surface area contributed by atoms with Crippen molar-refractivity contribution in [3.63, 3.8) is 0 Å². The number of halogens is 1. The van der Waals surface area contributed by atoms with E-state index < -0.39 is 6.04 Å². The largest absolute Gasteiger partial charge is 0.493 e. The average Bonchev–Trinajstić information content (AvgIpc) is 3.21. The highest BCUT2D eigenvalue weighted by molar-refractivity contribution is 6.30. The molecule has 3 heterocycles. The number of nitrogens with one attached hydrogen (secondary N) is 1. The number of oxazole rings is 1. The predicted octanol–water partition coefficient (Wildman–Crippen LogP) is 2.91. The molecule has 1 aliphatic heterocycles. The molecular weight excluding hydrogens is 446 g/mol. The van der Waals surface area contributed by atoms with Gasteiger partial charge in [0.05, 0.1) is 19.6 Å². The molecule has 2 unspecified atom stereocenters. The Morgan fingerprint density at radius 3 is 2.94 bits per heavy atom. The second-order valence-electron chi connectivity index (χ2n) is 7.84. The van der Waals surface area contributed by atoms with Crippen LogP contribution >= 0.6 is 11.6 Å². The summed E-state index contributed by atoms with van der Waals surface area (Å²) < 4.78 is 11.3. The van der Waals surface area contributed by atoms with Crippen LogP contribution in [0.5, 0.6) is 5.75 Å². The average molecular weight is 468 g/mol. The van der Waals surface area contributed by atoms with E-state index in [4.69, 9.17) is 26.0 Å². The van der Waals surface area contributed by atoms with Crippen molar-refractivity contribution in [3.05, 3.63) is 52.6 Å². The molecule has 4 rings (SSSR count). The van der Waals surface area contributed by atoms with E-state index in [1.54, 1.807) is 30.5 Å². The van der Waals surface area contributed by atoms with Crippen molar-refractivity contribution in [2.45, 2.75) is 38.3 Å². The first-order valence-corrected chi connectivity index (χ1v) is 10.8. The quantitative estimate of drug-likeness (QED) is 0.591. The molecular formula is C23H22ClN5O4. The summed E-state index contributed by atoms with van der Waals surface area (Å²) >= 11 is 6.02. The number of carbonyl (C=O) groups is 2. The lowest BCUT2D eigenvalue weighted by Gasteiger charge is -2.37. The van der Waals surface area contributed by atoms with Crippen LogP contribution in [0, 0.1) is 11.3 Å². The van der Waals surface area contributed by atoms with Gasteiger partial charge in [-0.15, -0.1) is 0 Å². The van der Waals surface area contributed by atoms with Gasteiger partial charge in [-0.2, -0.15) is 5.26 Å². The van der Waals surface area contributed by atoms with Crippen LogP contribution in [0.2, 0.25) is 5.02 Å². The van der Waals surface area contributed by atoms with E-state index >= 15 is 0 Å². The molecule has 1 fully saturated rings. The summed E-state index contributed by atoms with van der Waals surface area (Å²) in [4.78, 5) is 35.9. The number of amides is 2. The zero-order chi connectivity index (χ0) is 23.5. The number of carbonyl (C=O) groups excluding carboxylic acids is 2. The number of nitriles is 1. The topological polar surface area (TPSA) is 121 Å². The zero-order valence-corrected chi connectivity index (χ0v) is 18.9. The first-order chi connectivity index (χ1) is 15.9. The van der Waals surface area contributed by atoms with E-state index in [1.165, 1.54) is 12.0 Å². The van der Waals surface area contributed by atoms with Crippen molar-refractivity contribution in [2.24, 2.45) is 0 Å². The van der Waals surface area contributed by atoms with E-state index in [9.17, 15) is 9.59 Å². The lowest BCUT2D eigenvalue weighted by atomic mass is 10.0. The third-order valence-electron chi connectivity index (χ3n) is 5.42. The van der Waals surface area contributed by atoms with Crippen LogP contribution < -0.4 is 10.1 Å². The number of hydrogen-bond acceptors (Lipinski definition) is 7. The van der Waals surface area contributed by atoms with Gasteiger partial charge in [-0.05, 0) is 37.6 Å². The van der Waals surface area contributed by atoms with Gasteiger partial charge in [-0.25, -0.2) is 4.98 Å².